The molecule has 192 valence electrons. The number of alkyl halides is 3. The summed E-state index contributed by atoms with van der Waals surface area (Å²) in [5, 5.41) is 3.42. The molecular formula is C26H36F3N5O. The maximum atomic E-state index is 13.5. The Labute approximate surface area is 205 Å². The van der Waals surface area contributed by atoms with E-state index in [1.54, 1.807) is 0 Å². The van der Waals surface area contributed by atoms with Gasteiger partial charge in [0, 0.05) is 30.1 Å². The van der Waals surface area contributed by atoms with E-state index in [4.69, 9.17) is 0 Å². The molecule has 1 unspecified atom stereocenters. The summed E-state index contributed by atoms with van der Waals surface area (Å²) in [6.45, 7) is 9.54. The summed E-state index contributed by atoms with van der Waals surface area (Å²) < 4.78 is 39.8. The lowest BCUT2D eigenvalue weighted by atomic mass is 9.74. The van der Waals surface area contributed by atoms with Gasteiger partial charge < -0.3 is 15.1 Å². The minimum absolute atomic E-state index is 0.00931. The van der Waals surface area contributed by atoms with Gasteiger partial charge in [0.2, 0.25) is 5.91 Å². The van der Waals surface area contributed by atoms with Crippen molar-refractivity contribution in [3.05, 3.63) is 30.1 Å². The van der Waals surface area contributed by atoms with Crippen LogP contribution in [0.25, 0.3) is 10.9 Å². The van der Waals surface area contributed by atoms with Crippen molar-refractivity contribution in [1.29, 1.82) is 0 Å². The highest BCUT2D eigenvalue weighted by Crippen LogP contribution is 2.38. The number of carbonyl (C=O) groups is 1. The number of rotatable bonds is 6. The second kappa shape index (κ2) is 9.91. The molecule has 1 N–H and O–H groups in total. The topological polar surface area (TPSA) is 61.4 Å². The lowest BCUT2D eigenvalue weighted by molar-refractivity contribution is -0.137. The molecule has 2 heterocycles. The van der Waals surface area contributed by atoms with E-state index in [1.165, 1.54) is 12.4 Å². The summed E-state index contributed by atoms with van der Waals surface area (Å²) in [5.74, 6) is 1.14. The first kappa shape index (κ1) is 25.7. The molecule has 2 fully saturated rings. The zero-order valence-corrected chi connectivity index (χ0v) is 21.1. The Balaban J connectivity index is 1.52. The van der Waals surface area contributed by atoms with Crippen molar-refractivity contribution in [1.82, 2.24) is 19.8 Å². The highest BCUT2D eigenvalue weighted by atomic mass is 19.4. The van der Waals surface area contributed by atoms with Crippen molar-refractivity contribution in [2.45, 2.75) is 83.7 Å². The molecule has 1 amide bonds. The fourth-order valence-corrected chi connectivity index (χ4v) is 5.74. The Bertz CT molecular complexity index is 1060. The molecule has 35 heavy (non-hydrogen) atoms. The largest absolute Gasteiger partial charge is 0.416 e. The molecule has 1 saturated heterocycles. The van der Waals surface area contributed by atoms with Crippen molar-refractivity contribution in [3.63, 3.8) is 0 Å². The van der Waals surface area contributed by atoms with Crippen LogP contribution in [0.15, 0.2) is 24.5 Å². The Kier molecular flexibility index (Phi) is 7.27. The van der Waals surface area contributed by atoms with Gasteiger partial charge in [-0.15, -0.1) is 0 Å². The molecule has 0 bridgehead atoms. The fourth-order valence-electron chi connectivity index (χ4n) is 5.74. The summed E-state index contributed by atoms with van der Waals surface area (Å²) in [7, 11) is 2.18. The van der Waals surface area contributed by atoms with E-state index in [-0.39, 0.29) is 23.2 Å². The van der Waals surface area contributed by atoms with Crippen molar-refractivity contribution in [3.8, 4) is 0 Å². The predicted molar refractivity (Wildman–Crippen MR) is 131 cm³/mol. The number of aromatic nitrogens is 2. The van der Waals surface area contributed by atoms with Crippen molar-refractivity contribution < 1.29 is 18.0 Å². The minimum atomic E-state index is -4.46. The SMILES string of the molecule is CC(C)[C@@H]1C[C@@H](N(C)C(C)C)CC[C@@H]1N1CCC(Nc2ncnc3ccc(C(F)(F)F)cc23)C1=O. The lowest BCUT2D eigenvalue weighted by Gasteiger charge is -2.46. The van der Waals surface area contributed by atoms with Crippen LogP contribution in [0, 0.1) is 11.8 Å². The third-order valence-corrected chi connectivity index (χ3v) is 7.99. The number of amides is 1. The van der Waals surface area contributed by atoms with Gasteiger partial charge in [-0.1, -0.05) is 13.8 Å². The van der Waals surface area contributed by atoms with Crippen molar-refractivity contribution in [2.24, 2.45) is 11.8 Å². The molecule has 1 aromatic carbocycles. The first-order valence-electron chi connectivity index (χ1n) is 12.6. The third-order valence-electron chi connectivity index (χ3n) is 7.99. The molecule has 1 aromatic heterocycles. The first-order valence-corrected chi connectivity index (χ1v) is 12.6. The Morgan fingerprint density at radius 3 is 2.51 bits per heavy atom. The number of nitrogens with zero attached hydrogens (tertiary/aromatic N) is 4. The van der Waals surface area contributed by atoms with Crippen LogP contribution >= 0.6 is 0 Å². The van der Waals surface area contributed by atoms with E-state index in [0.29, 0.717) is 42.4 Å². The van der Waals surface area contributed by atoms with Crippen LogP contribution < -0.4 is 5.32 Å². The first-order chi connectivity index (χ1) is 16.5. The maximum absolute atomic E-state index is 13.5. The molecule has 4 atom stereocenters. The Morgan fingerprint density at radius 1 is 1.11 bits per heavy atom. The fraction of sp³-hybridized carbons (Fsp3) is 0.654. The average Bonchev–Trinajstić information content (AvgIpc) is 3.17. The highest BCUT2D eigenvalue weighted by Gasteiger charge is 2.43. The van der Waals surface area contributed by atoms with Crippen LogP contribution in [0.2, 0.25) is 0 Å². The summed E-state index contributed by atoms with van der Waals surface area (Å²) >= 11 is 0. The van der Waals surface area contributed by atoms with Gasteiger partial charge in [-0.05, 0) is 76.6 Å². The number of benzene rings is 1. The van der Waals surface area contributed by atoms with Crippen LogP contribution in [0.3, 0.4) is 0 Å². The monoisotopic (exact) mass is 491 g/mol. The van der Waals surface area contributed by atoms with E-state index in [1.807, 2.05) is 4.90 Å². The predicted octanol–water partition coefficient (Wildman–Crippen LogP) is 5.19. The molecule has 2 aromatic rings. The quantitative estimate of drug-likeness (QED) is 0.602. The number of carbonyl (C=O) groups excluding carboxylic acids is 1. The molecule has 2 aliphatic rings. The average molecular weight is 492 g/mol. The van der Waals surface area contributed by atoms with E-state index in [0.717, 1.165) is 31.4 Å². The van der Waals surface area contributed by atoms with E-state index >= 15 is 0 Å². The zero-order valence-electron chi connectivity index (χ0n) is 21.1. The number of anilines is 1. The van der Waals surface area contributed by atoms with Crippen LogP contribution in [0.5, 0.6) is 0 Å². The number of fused-ring (bicyclic) bond motifs is 1. The van der Waals surface area contributed by atoms with Gasteiger partial charge in [0.15, 0.2) is 0 Å². The number of nitrogens with one attached hydrogen (secondary N) is 1. The van der Waals surface area contributed by atoms with Gasteiger partial charge in [0.25, 0.3) is 0 Å². The molecular weight excluding hydrogens is 455 g/mol. The molecule has 0 spiro atoms. The van der Waals surface area contributed by atoms with Crippen molar-refractivity contribution in [2.75, 3.05) is 18.9 Å². The minimum Gasteiger partial charge on any atom is -0.358 e. The summed E-state index contributed by atoms with van der Waals surface area (Å²) in [6.07, 6.45) is 0.539. The summed E-state index contributed by atoms with van der Waals surface area (Å²) in [5.41, 5.74) is -0.351. The van der Waals surface area contributed by atoms with Gasteiger partial charge >= 0.3 is 6.18 Å². The van der Waals surface area contributed by atoms with E-state index in [9.17, 15) is 18.0 Å². The van der Waals surface area contributed by atoms with Gasteiger partial charge in [0.05, 0.1) is 11.1 Å². The molecule has 1 aliphatic heterocycles. The number of hydrogen-bond donors (Lipinski definition) is 1. The van der Waals surface area contributed by atoms with Crippen LogP contribution in [-0.2, 0) is 11.0 Å². The molecule has 4 rings (SSSR count). The molecule has 6 nitrogen and oxygen atoms in total. The second-order valence-corrected chi connectivity index (χ2v) is 10.7. The van der Waals surface area contributed by atoms with Gasteiger partial charge in [0.1, 0.15) is 18.2 Å². The van der Waals surface area contributed by atoms with E-state index in [2.05, 4.69) is 54.9 Å². The number of hydrogen-bond acceptors (Lipinski definition) is 5. The Morgan fingerprint density at radius 2 is 1.86 bits per heavy atom. The zero-order chi connectivity index (χ0) is 25.5. The summed E-state index contributed by atoms with van der Waals surface area (Å²) in [4.78, 5) is 26.2. The number of halogens is 3. The van der Waals surface area contributed by atoms with Gasteiger partial charge in [-0.25, -0.2) is 9.97 Å². The Hall–Kier alpha value is -2.42. The molecule has 1 saturated carbocycles. The second-order valence-electron chi connectivity index (χ2n) is 10.7. The van der Waals surface area contributed by atoms with Crippen LogP contribution in [0.1, 0.15) is 58.9 Å². The molecule has 9 heteroatoms. The van der Waals surface area contributed by atoms with Crippen LogP contribution in [-0.4, -0.2) is 63.4 Å². The summed E-state index contributed by atoms with van der Waals surface area (Å²) in [6, 6.07) is 4.08. The van der Waals surface area contributed by atoms with E-state index < -0.39 is 17.8 Å². The van der Waals surface area contributed by atoms with Crippen LogP contribution in [0.4, 0.5) is 19.0 Å². The standard InChI is InChI=1S/C26H36F3N5O/c1-15(2)19-13-18(33(5)16(3)4)7-9-23(19)34-11-10-22(25(34)35)32-24-20-12-17(26(27,28)29)6-8-21(20)30-14-31-24/h6,8,12,14-16,18-19,22-23H,7,9-11,13H2,1-5H3,(H,30,31,32)/t18-,19-,22?,23-/m0/s1. The normalized spacial score (nSPS) is 25.9. The maximum Gasteiger partial charge on any atom is 0.416 e. The third kappa shape index (κ3) is 5.25. The molecule has 0 radical (unpaired) electrons. The lowest BCUT2D eigenvalue weighted by Crippen LogP contribution is -2.52. The van der Waals surface area contributed by atoms with Crippen molar-refractivity contribution >= 4 is 22.6 Å². The smallest absolute Gasteiger partial charge is 0.358 e. The molecule has 1 aliphatic carbocycles. The van der Waals surface area contributed by atoms with Gasteiger partial charge in [-0.3, -0.25) is 4.79 Å². The number of likely N-dealkylation sites (tertiary alicyclic amines) is 1. The highest BCUT2D eigenvalue weighted by molar-refractivity contribution is 5.93. The van der Waals surface area contributed by atoms with Gasteiger partial charge in [-0.2, -0.15) is 13.2 Å².